The van der Waals surface area contributed by atoms with Gasteiger partial charge in [0.2, 0.25) is 0 Å². The number of hydrazine groups is 1. The molecule has 0 aromatic heterocycles. The maximum absolute atomic E-state index is 12.8. The minimum atomic E-state index is -0.373. The van der Waals surface area contributed by atoms with Gasteiger partial charge < -0.3 is 4.74 Å². The molecule has 0 aliphatic carbocycles. The van der Waals surface area contributed by atoms with E-state index in [2.05, 4.69) is 17.4 Å². The molecule has 0 unspecified atom stereocenters. The monoisotopic (exact) mass is 334 g/mol. The average molecular weight is 335 g/mol. The van der Waals surface area contributed by atoms with Gasteiger partial charge in [0.1, 0.15) is 11.6 Å². The van der Waals surface area contributed by atoms with E-state index >= 15 is 0 Å². The van der Waals surface area contributed by atoms with Crippen LogP contribution in [0.3, 0.4) is 0 Å². The van der Waals surface area contributed by atoms with Crippen molar-refractivity contribution in [1.29, 1.82) is 0 Å². The minimum absolute atomic E-state index is 0.161. The highest BCUT2D eigenvalue weighted by molar-refractivity contribution is 6.30. The Kier molecular flexibility index (Phi) is 5.60. The Morgan fingerprint density at radius 3 is 2.57 bits per heavy atom. The normalized spacial score (nSPS) is 10.0. The van der Waals surface area contributed by atoms with Gasteiger partial charge >= 0.3 is 0 Å². The van der Waals surface area contributed by atoms with E-state index < -0.39 is 0 Å². The Morgan fingerprint density at radius 2 is 1.91 bits per heavy atom. The summed E-state index contributed by atoms with van der Waals surface area (Å²) < 4.78 is 18.3. The fourth-order valence-electron chi connectivity index (χ4n) is 1.82. The van der Waals surface area contributed by atoms with Crippen LogP contribution in [-0.2, 0) is 4.79 Å². The lowest BCUT2D eigenvalue weighted by molar-refractivity contribution is -0.123. The number of aryl methyl sites for hydroxylation is 1. The lowest BCUT2D eigenvalue weighted by atomic mass is 10.2. The predicted molar refractivity (Wildman–Crippen MR) is 88.4 cm³/mol. The SMILES string of the molecule is C=C(NNC(=O)COc1ccc(Cl)cc1C)c1ccc(F)cc1. The zero-order valence-corrected chi connectivity index (χ0v) is 13.3. The topological polar surface area (TPSA) is 50.4 Å². The number of hydrogen-bond donors (Lipinski definition) is 2. The summed E-state index contributed by atoms with van der Waals surface area (Å²) >= 11 is 5.85. The van der Waals surface area contributed by atoms with Crippen LogP contribution in [-0.4, -0.2) is 12.5 Å². The number of amides is 1. The largest absolute Gasteiger partial charge is 0.483 e. The number of halogens is 2. The summed E-state index contributed by atoms with van der Waals surface area (Å²) in [5.74, 6) is -0.123. The number of hydrogen-bond acceptors (Lipinski definition) is 3. The van der Waals surface area contributed by atoms with Crippen LogP contribution in [0.15, 0.2) is 49.0 Å². The molecule has 2 aromatic rings. The quantitative estimate of drug-likeness (QED) is 0.795. The molecule has 0 saturated carbocycles. The van der Waals surface area contributed by atoms with Crippen molar-refractivity contribution >= 4 is 23.2 Å². The first kappa shape index (κ1) is 16.8. The van der Waals surface area contributed by atoms with Gasteiger partial charge in [-0.1, -0.05) is 18.2 Å². The van der Waals surface area contributed by atoms with Gasteiger partial charge in [-0.15, -0.1) is 0 Å². The lowest BCUT2D eigenvalue weighted by Gasteiger charge is -2.12. The molecule has 0 aliphatic rings. The van der Waals surface area contributed by atoms with Gasteiger partial charge in [0, 0.05) is 5.02 Å². The smallest absolute Gasteiger partial charge is 0.276 e. The molecular formula is C17H16ClFN2O2. The highest BCUT2D eigenvalue weighted by Crippen LogP contribution is 2.21. The third-order valence-corrected chi connectivity index (χ3v) is 3.28. The second kappa shape index (κ2) is 7.65. The fraction of sp³-hybridized carbons (Fsp3) is 0.118. The summed E-state index contributed by atoms with van der Waals surface area (Å²) in [6.45, 7) is 5.45. The molecule has 2 rings (SSSR count). The van der Waals surface area contributed by atoms with E-state index in [-0.39, 0.29) is 18.3 Å². The minimum Gasteiger partial charge on any atom is -0.483 e. The van der Waals surface area contributed by atoms with Gasteiger partial charge in [-0.25, -0.2) is 4.39 Å². The van der Waals surface area contributed by atoms with Crippen molar-refractivity contribution in [2.24, 2.45) is 0 Å². The first-order chi connectivity index (χ1) is 11.0. The molecule has 0 saturated heterocycles. The molecule has 2 N–H and O–H groups in total. The summed E-state index contributed by atoms with van der Waals surface area (Å²) in [6.07, 6.45) is 0. The standard InChI is InChI=1S/C17H16ClFN2O2/c1-11-9-14(18)5-8-16(11)23-10-17(22)21-20-12(2)13-3-6-15(19)7-4-13/h3-9,20H,2,10H2,1H3,(H,21,22). The average Bonchev–Trinajstić information content (AvgIpc) is 2.52. The molecule has 23 heavy (non-hydrogen) atoms. The summed E-state index contributed by atoms with van der Waals surface area (Å²) in [5, 5.41) is 0.608. The van der Waals surface area contributed by atoms with E-state index in [4.69, 9.17) is 16.3 Å². The van der Waals surface area contributed by atoms with E-state index in [0.29, 0.717) is 22.0 Å². The summed E-state index contributed by atoms with van der Waals surface area (Å²) in [7, 11) is 0. The molecule has 0 spiro atoms. The Hall–Kier alpha value is -2.53. The number of rotatable bonds is 6. The van der Waals surface area contributed by atoms with Gasteiger partial charge in [-0.05, 0) is 60.5 Å². The van der Waals surface area contributed by atoms with Gasteiger partial charge in [0.15, 0.2) is 6.61 Å². The van der Waals surface area contributed by atoms with Gasteiger partial charge in [-0.3, -0.25) is 15.6 Å². The number of carbonyl (C=O) groups is 1. The lowest BCUT2D eigenvalue weighted by Crippen LogP contribution is -2.39. The summed E-state index contributed by atoms with van der Waals surface area (Å²) in [4.78, 5) is 11.8. The number of carbonyl (C=O) groups excluding carboxylic acids is 1. The van der Waals surface area contributed by atoms with Crippen molar-refractivity contribution in [3.05, 3.63) is 71.0 Å². The highest BCUT2D eigenvalue weighted by Gasteiger charge is 2.06. The van der Waals surface area contributed by atoms with Crippen LogP contribution < -0.4 is 15.6 Å². The van der Waals surface area contributed by atoms with Gasteiger partial charge in [0.05, 0.1) is 5.70 Å². The second-order valence-corrected chi connectivity index (χ2v) is 5.29. The molecule has 120 valence electrons. The molecule has 4 nitrogen and oxygen atoms in total. The van der Waals surface area contributed by atoms with Crippen molar-refractivity contribution in [2.45, 2.75) is 6.92 Å². The first-order valence-corrected chi connectivity index (χ1v) is 7.22. The molecule has 0 bridgehead atoms. The van der Waals surface area contributed by atoms with E-state index in [9.17, 15) is 9.18 Å². The third kappa shape index (κ3) is 5.00. The molecular weight excluding hydrogens is 319 g/mol. The van der Waals surface area contributed by atoms with Crippen LogP contribution in [0.4, 0.5) is 4.39 Å². The molecule has 2 aromatic carbocycles. The van der Waals surface area contributed by atoms with Crippen molar-refractivity contribution in [3.63, 3.8) is 0 Å². The van der Waals surface area contributed by atoms with E-state index in [1.165, 1.54) is 12.1 Å². The number of benzene rings is 2. The van der Waals surface area contributed by atoms with Crippen LogP contribution in [0, 0.1) is 12.7 Å². The Labute approximate surface area is 138 Å². The van der Waals surface area contributed by atoms with E-state index in [1.54, 1.807) is 30.3 Å². The highest BCUT2D eigenvalue weighted by atomic mass is 35.5. The second-order valence-electron chi connectivity index (χ2n) is 4.86. The van der Waals surface area contributed by atoms with Gasteiger partial charge in [0.25, 0.3) is 5.91 Å². The molecule has 6 heteroatoms. The van der Waals surface area contributed by atoms with Crippen molar-refractivity contribution < 1.29 is 13.9 Å². The van der Waals surface area contributed by atoms with Gasteiger partial charge in [-0.2, -0.15) is 0 Å². The number of ether oxygens (including phenoxy) is 1. The summed E-state index contributed by atoms with van der Waals surface area (Å²) in [6, 6.07) is 10.9. The van der Waals surface area contributed by atoms with Crippen LogP contribution in [0.25, 0.3) is 5.70 Å². The van der Waals surface area contributed by atoms with Crippen molar-refractivity contribution in [2.75, 3.05) is 6.61 Å². The van der Waals surface area contributed by atoms with Crippen LogP contribution in [0.1, 0.15) is 11.1 Å². The maximum Gasteiger partial charge on any atom is 0.276 e. The fourth-order valence-corrected chi connectivity index (χ4v) is 2.05. The van der Waals surface area contributed by atoms with Crippen LogP contribution in [0.5, 0.6) is 5.75 Å². The van der Waals surface area contributed by atoms with E-state index in [0.717, 1.165) is 5.56 Å². The van der Waals surface area contributed by atoms with Crippen molar-refractivity contribution in [1.82, 2.24) is 10.9 Å². The Balaban J connectivity index is 1.81. The maximum atomic E-state index is 12.8. The zero-order chi connectivity index (χ0) is 16.8. The Bertz CT molecular complexity index is 717. The first-order valence-electron chi connectivity index (χ1n) is 6.84. The summed E-state index contributed by atoms with van der Waals surface area (Å²) in [5.41, 5.74) is 7.08. The molecule has 0 radical (unpaired) electrons. The number of nitrogens with one attached hydrogen (secondary N) is 2. The van der Waals surface area contributed by atoms with Crippen LogP contribution >= 0.6 is 11.6 Å². The third-order valence-electron chi connectivity index (χ3n) is 3.04. The molecule has 1 amide bonds. The zero-order valence-electron chi connectivity index (χ0n) is 12.5. The Morgan fingerprint density at radius 1 is 1.22 bits per heavy atom. The predicted octanol–water partition coefficient (Wildman–Crippen LogP) is 3.46. The molecule has 0 fully saturated rings. The molecule has 0 aliphatic heterocycles. The van der Waals surface area contributed by atoms with Crippen LogP contribution in [0.2, 0.25) is 5.02 Å². The molecule has 0 atom stereocenters. The van der Waals surface area contributed by atoms with Crippen molar-refractivity contribution in [3.8, 4) is 5.75 Å². The van der Waals surface area contributed by atoms with E-state index in [1.807, 2.05) is 6.92 Å². The molecule has 0 heterocycles.